The van der Waals surface area contributed by atoms with E-state index in [-0.39, 0.29) is 11.8 Å². The average molecular weight is 452 g/mol. The van der Waals surface area contributed by atoms with Crippen LogP contribution in [0, 0.1) is 0 Å². The lowest BCUT2D eigenvalue weighted by Gasteiger charge is -2.26. The highest BCUT2D eigenvalue weighted by Crippen LogP contribution is 2.29. The molecule has 0 saturated heterocycles. The molecule has 1 aliphatic rings. The topological polar surface area (TPSA) is 107 Å². The lowest BCUT2D eigenvalue weighted by atomic mass is 9.96. The molecular weight excluding hydrogens is 426 g/mol. The summed E-state index contributed by atoms with van der Waals surface area (Å²) in [5.74, 6) is 0.126. The van der Waals surface area contributed by atoms with Crippen molar-refractivity contribution in [3.63, 3.8) is 0 Å². The van der Waals surface area contributed by atoms with E-state index in [0.717, 1.165) is 30.7 Å². The Hall–Kier alpha value is -3.59. The molecule has 3 aromatic rings. The highest BCUT2D eigenvalue weighted by molar-refractivity contribution is 7.14. The summed E-state index contributed by atoms with van der Waals surface area (Å²) in [4.78, 5) is 30.2. The van der Waals surface area contributed by atoms with Gasteiger partial charge in [-0.05, 0) is 37.1 Å². The van der Waals surface area contributed by atoms with Gasteiger partial charge in [0.1, 0.15) is 5.75 Å². The van der Waals surface area contributed by atoms with Crippen molar-refractivity contribution in [1.29, 1.82) is 0 Å². The molecule has 4 amide bonds. The fraction of sp³-hybridized carbons (Fsp3) is 0.261. The summed E-state index contributed by atoms with van der Waals surface area (Å²) in [6.45, 7) is 0. The molecule has 1 aliphatic carbocycles. The SMILES string of the molecule is O=C(NC1CCCCC1)NN(C(=O)Nc1ccccc1)c1nc(-c2cccc(O)c2)cs1. The van der Waals surface area contributed by atoms with E-state index in [9.17, 15) is 14.7 Å². The molecule has 0 unspecified atom stereocenters. The number of amides is 4. The van der Waals surface area contributed by atoms with Crippen LogP contribution >= 0.6 is 11.3 Å². The first-order valence-electron chi connectivity index (χ1n) is 10.6. The zero-order chi connectivity index (χ0) is 22.3. The molecule has 2 aromatic carbocycles. The summed E-state index contributed by atoms with van der Waals surface area (Å²) >= 11 is 1.22. The van der Waals surface area contributed by atoms with Crippen molar-refractivity contribution in [1.82, 2.24) is 15.7 Å². The van der Waals surface area contributed by atoms with E-state index in [0.29, 0.717) is 22.1 Å². The molecule has 4 rings (SSSR count). The Morgan fingerprint density at radius 2 is 1.81 bits per heavy atom. The number of rotatable bonds is 4. The van der Waals surface area contributed by atoms with Crippen molar-refractivity contribution in [3.05, 3.63) is 60.0 Å². The van der Waals surface area contributed by atoms with E-state index in [2.05, 4.69) is 21.0 Å². The smallest absolute Gasteiger partial charge is 0.347 e. The number of para-hydroxylation sites is 1. The van der Waals surface area contributed by atoms with Crippen molar-refractivity contribution in [3.8, 4) is 17.0 Å². The first-order valence-corrected chi connectivity index (χ1v) is 11.4. The molecule has 0 bridgehead atoms. The number of aromatic nitrogens is 1. The average Bonchev–Trinajstić information content (AvgIpc) is 3.29. The second-order valence-electron chi connectivity index (χ2n) is 7.62. The molecule has 1 fully saturated rings. The Morgan fingerprint density at radius 3 is 2.56 bits per heavy atom. The van der Waals surface area contributed by atoms with Crippen LogP contribution < -0.4 is 21.1 Å². The largest absolute Gasteiger partial charge is 0.508 e. The number of hydrazine groups is 1. The molecule has 0 atom stereocenters. The number of thiazole rings is 1. The van der Waals surface area contributed by atoms with Gasteiger partial charge in [-0.15, -0.1) is 11.3 Å². The number of phenolic OH excluding ortho intramolecular Hbond substituents is 1. The minimum atomic E-state index is -0.535. The summed E-state index contributed by atoms with van der Waals surface area (Å²) in [5, 5.41) is 18.7. The van der Waals surface area contributed by atoms with E-state index in [1.165, 1.54) is 17.8 Å². The van der Waals surface area contributed by atoms with Gasteiger partial charge in [0.05, 0.1) is 5.69 Å². The number of nitrogens with zero attached hydrogens (tertiary/aromatic N) is 2. The van der Waals surface area contributed by atoms with Crippen molar-refractivity contribution >= 4 is 34.2 Å². The summed E-state index contributed by atoms with van der Waals surface area (Å²) in [5.41, 5.74) is 4.55. The number of nitrogens with one attached hydrogen (secondary N) is 3. The summed E-state index contributed by atoms with van der Waals surface area (Å²) in [6.07, 6.45) is 5.22. The molecule has 1 saturated carbocycles. The molecule has 9 heteroatoms. The zero-order valence-electron chi connectivity index (χ0n) is 17.5. The molecule has 32 heavy (non-hydrogen) atoms. The van der Waals surface area contributed by atoms with Crippen LogP contribution in [0.25, 0.3) is 11.3 Å². The number of hydrogen-bond acceptors (Lipinski definition) is 5. The quantitative estimate of drug-likeness (QED) is 0.414. The Balaban J connectivity index is 1.54. The fourth-order valence-electron chi connectivity index (χ4n) is 3.62. The summed E-state index contributed by atoms with van der Waals surface area (Å²) in [6, 6.07) is 14.8. The number of aromatic hydroxyl groups is 1. The van der Waals surface area contributed by atoms with Crippen LogP contribution in [0.15, 0.2) is 60.0 Å². The van der Waals surface area contributed by atoms with Gasteiger partial charge in [-0.2, -0.15) is 5.01 Å². The standard InChI is InChI=1S/C23H25N5O3S/c29-19-13-7-8-16(14-19)20-15-32-23(26-20)28(22(31)25-18-11-5-2-6-12-18)27-21(30)24-17-9-3-1-4-10-17/h2,5-8,11-15,17,29H,1,3-4,9-10H2,(H,25,31)(H2,24,27,30). The normalized spacial score (nSPS) is 13.9. The van der Waals surface area contributed by atoms with Crippen LogP contribution in [0.3, 0.4) is 0 Å². The van der Waals surface area contributed by atoms with Crippen molar-refractivity contribution in [2.24, 2.45) is 0 Å². The van der Waals surface area contributed by atoms with Crippen LogP contribution in [0.4, 0.5) is 20.4 Å². The maximum atomic E-state index is 13.0. The predicted molar refractivity (Wildman–Crippen MR) is 126 cm³/mol. The van der Waals surface area contributed by atoms with E-state index in [4.69, 9.17) is 0 Å². The highest BCUT2D eigenvalue weighted by atomic mass is 32.1. The molecule has 4 N–H and O–H groups in total. The third-order valence-electron chi connectivity index (χ3n) is 5.21. The Kier molecular flexibility index (Phi) is 6.86. The molecule has 8 nitrogen and oxygen atoms in total. The number of benzene rings is 2. The number of carbonyl (C=O) groups is 2. The lowest BCUT2D eigenvalue weighted by molar-refractivity contribution is 0.228. The number of urea groups is 2. The number of phenols is 1. The second kappa shape index (κ2) is 10.1. The van der Waals surface area contributed by atoms with Crippen molar-refractivity contribution in [2.75, 3.05) is 10.3 Å². The molecule has 166 valence electrons. The molecule has 0 aliphatic heterocycles. The molecule has 0 spiro atoms. The Bertz CT molecular complexity index is 1070. The van der Waals surface area contributed by atoms with Gasteiger partial charge in [0.2, 0.25) is 5.13 Å². The van der Waals surface area contributed by atoms with E-state index < -0.39 is 12.1 Å². The fourth-order valence-corrected chi connectivity index (χ4v) is 4.41. The molecule has 0 radical (unpaired) electrons. The van der Waals surface area contributed by atoms with Gasteiger partial charge in [-0.25, -0.2) is 20.0 Å². The number of anilines is 2. The third kappa shape index (κ3) is 5.55. The van der Waals surface area contributed by atoms with Gasteiger partial charge in [-0.3, -0.25) is 0 Å². The van der Waals surface area contributed by atoms with Gasteiger partial charge >= 0.3 is 12.1 Å². The second-order valence-corrected chi connectivity index (χ2v) is 8.45. The number of carbonyl (C=O) groups excluding carboxylic acids is 2. The van der Waals surface area contributed by atoms with E-state index in [1.807, 2.05) is 24.3 Å². The van der Waals surface area contributed by atoms with Gasteiger partial charge in [0, 0.05) is 22.7 Å². The lowest BCUT2D eigenvalue weighted by Crippen LogP contribution is -2.54. The van der Waals surface area contributed by atoms with E-state index >= 15 is 0 Å². The third-order valence-corrected chi connectivity index (χ3v) is 6.03. The van der Waals surface area contributed by atoms with Crippen molar-refractivity contribution in [2.45, 2.75) is 38.1 Å². The minimum absolute atomic E-state index is 0.0990. The van der Waals surface area contributed by atoms with Crippen LogP contribution in [-0.4, -0.2) is 28.2 Å². The van der Waals surface area contributed by atoms with Gasteiger partial charge < -0.3 is 15.7 Å². The van der Waals surface area contributed by atoms with Gasteiger partial charge in [0.15, 0.2) is 0 Å². The van der Waals surface area contributed by atoms with Crippen LogP contribution in [0.2, 0.25) is 0 Å². The number of hydrogen-bond donors (Lipinski definition) is 4. The van der Waals surface area contributed by atoms with E-state index in [1.54, 1.807) is 35.7 Å². The minimum Gasteiger partial charge on any atom is -0.508 e. The van der Waals surface area contributed by atoms with Crippen LogP contribution in [-0.2, 0) is 0 Å². The highest BCUT2D eigenvalue weighted by Gasteiger charge is 2.24. The zero-order valence-corrected chi connectivity index (χ0v) is 18.3. The first kappa shape index (κ1) is 21.6. The monoisotopic (exact) mass is 451 g/mol. The first-order chi connectivity index (χ1) is 15.6. The Labute approximate surface area is 190 Å². The molecular formula is C23H25N5O3S. The summed E-state index contributed by atoms with van der Waals surface area (Å²) < 4.78 is 0. The van der Waals surface area contributed by atoms with Gasteiger partial charge in [0.25, 0.3) is 0 Å². The van der Waals surface area contributed by atoms with Crippen LogP contribution in [0.1, 0.15) is 32.1 Å². The van der Waals surface area contributed by atoms with Crippen molar-refractivity contribution < 1.29 is 14.7 Å². The Morgan fingerprint density at radius 1 is 1.03 bits per heavy atom. The predicted octanol–water partition coefficient (Wildman–Crippen LogP) is 5.10. The van der Waals surface area contributed by atoms with Gasteiger partial charge in [-0.1, -0.05) is 49.6 Å². The maximum Gasteiger partial charge on any atom is 0.347 e. The van der Waals surface area contributed by atoms with Crippen LogP contribution in [0.5, 0.6) is 5.75 Å². The molecule has 1 aromatic heterocycles. The summed E-state index contributed by atoms with van der Waals surface area (Å²) in [7, 11) is 0. The maximum absolute atomic E-state index is 13.0. The molecule has 1 heterocycles.